The number of carbonyl (C=O) groups excluding carboxylic acids is 1. The van der Waals surface area contributed by atoms with Crippen LogP contribution in [0, 0.1) is 26.7 Å². The van der Waals surface area contributed by atoms with E-state index in [1.807, 2.05) is 13.8 Å². The normalized spacial score (nSPS) is 22.3. The van der Waals surface area contributed by atoms with Gasteiger partial charge in [-0.1, -0.05) is 13.0 Å². The number of fused-ring (bicyclic) bond motifs is 1. The van der Waals surface area contributed by atoms with Gasteiger partial charge in [-0.05, 0) is 56.7 Å². The van der Waals surface area contributed by atoms with Crippen LogP contribution < -0.4 is 4.74 Å². The molecule has 0 bridgehead atoms. The summed E-state index contributed by atoms with van der Waals surface area (Å²) in [6.45, 7) is 8.18. The molecule has 2 aliphatic rings. The highest BCUT2D eigenvalue weighted by Gasteiger charge is 2.51. The van der Waals surface area contributed by atoms with Crippen molar-refractivity contribution >= 4 is 5.78 Å². The van der Waals surface area contributed by atoms with Crippen molar-refractivity contribution in [3.05, 3.63) is 28.3 Å². The number of carbonyl (C=O) groups is 1. The number of Topliss-reactive ketones (excluding diaryl/α,β-unsaturated/α-hetero) is 1. The minimum absolute atomic E-state index is 0.000411. The second kappa shape index (κ2) is 5.21. The van der Waals surface area contributed by atoms with Crippen LogP contribution in [0.5, 0.6) is 5.75 Å². The van der Waals surface area contributed by atoms with Crippen LogP contribution in [0.25, 0.3) is 0 Å². The molecule has 0 radical (unpaired) electrons. The smallest absolute Gasteiger partial charge is 0.173 e. The van der Waals surface area contributed by atoms with E-state index in [1.54, 1.807) is 0 Å². The second-order valence-corrected chi connectivity index (χ2v) is 5.95. The molecule has 1 aliphatic heterocycles. The van der Waals surface area contributed by atoms with Gasteiger partial charge in [0.05, 0.1) is 11.5 Å². The molecule has 0 amide bonds. The van der Waals surface area contributed by atoms with Crippen LogP contribution in [0.4, 0.5) is 0 Å². The molecule has 110 valence electrons. The molecule has 1 aromatic carbocycles. The standard InChI is InChI=1S/C16H20O2.CH4O/c1-9-8-10(2)13-14(17)12(4)16(6-5-7-16)18-15(13)11(9)3;1-2/h8,12H,5-7H2,1-4H3;2H,1H3. The first-order valence-electron chi connectivity index (χ1n) is 7.25. The number of aliphatic hydroxyl groups excluding tert-OH is 1. The van der Waals surface area contributed by atoms with Gasteiger partial charge in [0.25, 0.3) is 0 Å². The summed E-state index contributed by atoms with van der Waals surface area (Å²) in [5, 5.41) is 7.00. The summed E-state index contributed by atoms with van der Waals surface area (Å²) in [5.41, 5.74) is 4.02. The van der Waals surface area contributed by atoms with Crippen molar-refractivity contribution in [1.29, 1.82) is 0 Å². The van der Waals surface area contributed by atoms with Gasteiger partial charge in [-0.25, -0.2) is 0 Å². The Morgan fingerprint density at radius 1 is 1.20 bits per heavy atom. The average molecular weight is 276 g/mol. The van der Waals surface area contributed by atoms with Gasteiger partial charge in [-0.3, -0.25) is 4.79 Å². The van der Waals surface area contributed by atoms with E-state index in [1.165, 1.54) is 12.0 Å². The predicted octanol–water partition coefficient (Wildman–Crippen LogP) is 3.35. The van der Waals surface area contributed by atoms with Gasteiger partial charge in [0.15, 0.2) is 5.78 Å². The highest BCUT2D eigenvalue weighted by atomic mass is 16.5. The minimum Gasteiger partial charge on any atom is -0.485 e. The fourth-order valence-electron chi connectivity index (χ4n) is 3.29. The molecule has 3 rings (SSSR count). The quantitative estimate of drug-likeness (QED) is 0.790. The predicted molar refractivity (Wildman–Crippen MR) is 79.5 cm³/mol. The number of rotatable bonds is 0. The van der Waals surface area contributed by atoms with E-state index in [0.717, 1.165) is 42.4 Å². The Morgan fingerprint density at radius 3 is 2.30 bits per heavy atom. The molecule has 3 nitrogen and oxygen atoms in total. The molecule has 1 heterocycles. The maximum Gasteiger partial charge on any atom is 0.173 e. The summed E-state index contributed by atoms with van der Waals surface area (Å²) in [6.07, 6.45) is 3.22. The average Bonchev–Trinajstić information content (AvgIpc) is 2.39. The molecule has 1 atom stereocenters. The van der Waals surface area contributed by atoms with E-state index in [0.29, 0.717) is 0 Å². The number of hydrogen-bond acceptors (Lipinski definition) is 3. The van der Waals surface area contributed by atoms with Gasteiger partial charge in [-0.15, -0.1) is 0 Å². The van der Waals surface area contributed by atoms with E-state index in [4.69, 9.17) is 9.84 Å². The number of aryl methyl sites for hydroxylation is 2. The summed E-state index contributed by atoms with van der Waals surface area (Å²) in [7, 11) is 1.00. The Hall–Kier alpha value is -1.35. The van der Waals surface area contributed by atoms with Crippen molar-refractivity contribution in [2.45, 2.75) is 52.6 Å². The van der Waals surface area contributed by atoms with Gasteiger partial charge in [-0.2, -0.15) is 0 Å². The molecule has 0 aromatic heterocycles. The molecule has 1 fully saturated rings. The number of ether oxygens (including phenoxy) is 1. The van der Waals surface area contributed by atoms with Crippen LogP contribution in [-0.4, -0.2) is 23.6 Å². The van der Waals surface area contributed by atoms with Crippen molar-refractivity contribution in [1.82, 2.24) is 0 Å². The lowest BCUT2D eigenvalue weighted by Crippen LogP contribution is -2.54. The maximum atomic E-state index is 12.6. The molecule has 0 saturated heterocycles. The van der Waals surface area contributed by atoms with E-state index >= 15 is 0 Å². The maximum absolute atomic E-state index is 12.6. The topological polar surface area (TPSA) is 46.5 Å². The lowest BCUT2D eigenvalue weighted by atomic mass is 9.67. The molecule has 20 heavy (non-hydrogen) atoms. The molecular formula is C17H24O3. The van der Waals surface area contributed by atoms with Crippen LogP contribution in [0.3, 0.4) is 0 Å². The third-order valence-electron chi connectivity index (χ3n) is 4.92. The van der Waals surface area contributed by atoms with Crippen LogP contribution in [-0.2, 0) is 0 Å². The first-order chi connectivity index (χ1) is 9.46. The second-order valence-electron chi connectivity index (χ2n) is 5.95. The highest BCUT2D eigenvalue weighted by Crippen LogP contribution is 2.50. The Labute approximate surface area is 121 Å². The number of hydrogen-bond donors (Lipinski definition) is 1. The van der Waals surface area contributed by atoms with E-state index in [9.17, 15) is 4.79 Å². The first-order valence-corrected chi connectivity index (χ1v) is 7.25. The number of benzene rings is 1. The van der Waals surface area contributed by atoms with Gasteiger partial charge in [0.1, 0.15) is 11.4 Å². The fraction of sp³-hybridized carbons (Fsp3) is 0.588. The molecule has 1 spiro atoms. The largest absolute Gasteiger partial charge is 0.485 e. The van der Waals surface area contributed by atoms with Gasteiger partial charge < -0.3 is 9.84 Å². The van der Waals surface area contributed by atoms with Gasteiger partial charge >= 0.3 is 0 Å². The Bertz CT molecular complexity index is 542. The summed E-state index contributed by atoms with van der Waals surface area (Å²) < 4.78 is 6.31. The summed E-state index contributed by atoms with van der Waals surface area (Å²) in [5.74, 6) is 1.13. The molecule has 1 unspecified atom stereocenters. The zero-order chi connectivity index (χ0) is 15.1. The van der Waals surface area contributed by atoms with Crippen molar-refractivity contribution in [2.75, 3.05) is 7.11 Å². The van der Waals surface area contributed by atoms with Crippen molar-refractivity contribution < 1.29 is 14.6 Å². The Balaban J connectivity index is 0.000000704. The van der Waals surface area contributed by atoms with Gasteiger partial charge in [0, 0.05) is 7.11 Å². The van der Waals surface area contributed by atoms with Crippen LogP contribution in [0.2, 0.25) is 0 Å². The third kappa shape index (κ3) is 1.96. The van der Waals surface area contributed by atoms with Crippen molar-refractivity contribution in [3.63, 3.8) is 0 Å². The SMILES string of the molecule is CO.Cc1cc(C)c2c(c1C)OC1(CCC1)C(C)C2=O. The van der Waals surface area contributed by atoms with Crippen molar-refractivity contribution in [2.24, 2.45) is 5.92 Å². The van der Waals surface area contributed by atoms with E-state index < -0.39 is 0 Å². The van der Waals surface area contributed by atoms with E-state index in [2.05, 4.69) is 19.9 Å². The zero-order valence-corrected chi connectivity index (χ0v) is 13.0. The Kier molecular flexibility index (Phi) is 3.92. The highest BCUT2D eigenvalue weighted by molar-refractivity contribution is 6.03. The third-order valence-corrected chi connectivity index (χ3v) is 4.92. The summed E-state index contributed by atoms with van der Waals surface area (Å²) in [4.78, 5) is 12.6. The number of ketones is 1. The Morgan fingerprint density at radius 2 is 1.80 bits per heavy atom. The van der Waals surface area contributed by atoms with Crippen LogP contribution in [0.1, 0.15) is 53.2 Å². The zero-order valence-electron chi connectivity index (χ0n) is 13.0. The molecular weight excluding hydrogens is 252 g/mol. The molecule has 1 saturated carbocycles. The fourth-order valence-corrected chi connectivity index (χ4v) is 3.29. The minimum atomic E-state index is -0.199. The summed E-state index contributed by atoms with van der Waals surface area (Å²) in [6, 6.07) is 2.10. The summed E-state index contributed by atoms with van der Waals surface area (Å²) >= 11 is 0. The van der Waals surface area contributed by atoms with Crippen LogP contribution in [0.15, 0.2) is 6.07 Å². The van der Waals surface area contributed by atoms with Crippen molar-refractivity contribution in [3.8, 4) is 5.75 Å². The van der Waals surface area contributed by atoms with E-state index in [-0.39, 0.29) is 17.3 Å². The molecule has 1 aliphatic carbocycles. The first kappa shape index (κ1) is 15.0. The lowest BCUT2D eigenvalue weighted by Gasteiger charge is -2.49. The molecule has 1 aromatic rings. The molecule has 3 heteroatoms. The monoisotopic (exact) mass is 276 g/mol. The van der Waals surface area contributed by atoms with Crippen LogP contribution >= 0.6 is 0 Å². The number of aliphatic hydroxyl groups is 1. The lowest BCUT2D eigenvalue weighted by molar-refractivity contribution is -0.0518. The van der Waals surface area contributed by atoms with Gasteiger partial charge in [0.2, 0.25) is 0 Å². The molecule has 1 N–H and O–H groups in total.